The molecule has 2 amide bonds. The predicted octanol–water partition coefficient (Wildman–Crippen LogP) is 0.516. The van der Waals surface area contributed by atoms with Gasteiger partial charge in [-0.15, -0.1) is 0 Å². The smallest absolute Gasteiger partial charge is 0.269 e. The van der Waals surface area contributed by atoms with Crippen LogP contribution in [0.5, 0.6) is 0 Å². The quantitative estimate of drug-likeness (QED) is 0.773. The molecule has 0 aromatic carbocycles. The highest BCUT2D eigenvalue weighted by Crippen LogP contribution is 2.15. The summed E-state index contributed by atoms with van der Waals surface area (Å²) < 4.78 is 4.94. The normalized spacial score (nSPS) is 14.7. The van der Waals surface area contributed by atoms with Gasteiger partial charge in [0.25, 0.3) is 5.91 Å². The zero-order valence-electron chi connectivity index (χ0n) is 13.7. The van der Waals surface area contributed by atoms with E-state index in [0.29, 0.717) is 18.8 Å². The number of rotatable bonds is 6. The number of pyridine rings is 1. The summed E-state index contributed by atoms with van der Waals surface area (Å²) >= 11 is 0. The number of anilines is 1. The number of ether oxygens (including phenoxy) is 1. The second-order valence-electron chi connectivity index (χ2n) is 5.50. The first-order valence-corrected chi connectivity index (χ1v) is 7.85. The van der Waals surface area contributed by atoms with E-state index in [1.54, 1.807) is 26.3 Å². The van der Waals surface area contributed by atoms with Crippen molar-refractivity contribution in [1.29, 1.82) is 0 Å². The lowest BCUT2D eigenvalue weighted by Gasteiger charge is -2.35. The van der Waals surface area contributed by atoms with Crippen molar-refractivity contribution in [3.8, 4) is 0 Å². The Hall–Kier alpha value is -2.15. The molecule has 2 rings (SSSR count). The molecule has 0 atom stereocenters. The lowest BCUT2D eigenvalue weighted by molar-refractivity contribution is -0.129. The number of amides is 2. The van der Waals surface area contributed by atoms with Crippen LogP contribution in [0.15, 0.2) is 18.3 Å². The second-order valence-corrected chi connectivity index (χ2v) is 5.50. The van der Waals surface area contributed by atoms with E-state index >= 15 is 0 Å². The number of methoxy groups -OCH3 is 1. The van der Waals surface area contributed by atoms with Crippen molar-refractivity contribution in [2.45, 2.75) is 13.3 Å². The molecular weight excluding hydrogens is 296 g/mol. The second kappa shape index (κ2) is 8.47. The molecule has 0 radical (unpaired) electrons. The average molecular weight is 320 g/mol. The van der Waals surface area contributed by atoms with E-state index in [9.17, 15) is 9.59 Å². The number of nitrogens with one attached hydrogen (secondary N) is 1. The monoisotopic (exact) mass is 320 g/mol. The summed E-state index contributed by atoms with van der Waals surface area (Å²) in [6.07, 6.45) is 2.49. The van der Waals surface area contributed by atoms with E-state index in [1.165, 1.54) is 0 Å². The molecule has 126 valence electrons. The molecule has 7 heteroatoms. The number of hydrogen-bond donors (Lipinski definition) is 1. The molecule has 1 aliphatic heterocycles. The number of aromatic nitrogens is 1. The van der Waals surface area contributed by atoms with Crippen LogP contribution in [-0.2, 0) is 9.53 Å². The van der Waals surface area contributed by atoms with E-state index < -0.39 is 0 Å². The maximum Gasteiger partial charge on any atom is 0.269 e. The molecule has 1 aromatic rings. The fraction of sp³-hybridized carbons (Fsp3) is 0.562. The SMILES string of the molecule is COCCCNC(=O)c1ccc(N2CCN(C(C)=O)CC2)cn1. The standard InChI is InChI=1S/C16H24N4O3/c1-13(21)19-7-9-20(10-8-19)14-4-5-15(18-12-14)16(22)17-6-3-11-23-2/h4-5,12H,3,6-11H2,1-2H3,(H,17,22). The highest BCUT2D eigenvalue weighted by Gasteiger charge is 2.19. The van der Waals surface area contributed by atoms with Crippen LogP contribution in [0, 0.1) is 0 Å². The molecule has 7 nitrogen and oxygen atoms in total. The number of nitrogens with zero attached hydrogens (tertiary/aromatic N) is 3. The highest BCUT2D eigenvalue weighted by atomic mass is 16.5. The Morgan fingerprint density at radius 3 is 2.57 bits per heavy atom. The third-order valence-corrected chi connectivity index (χ3v) is 3.88. The maximum absolute atomic E-state index is 11.9. The van der Waals surface area contributed by atoms with Crippen molar-refractivity contribution in [2.75, 3.05) is 51.3 Å². The minimum Gasteiger partial charge on any atom is -0.385 e. The van der Waals surface area contributed by atoms with Gasteiger partial charge < -0.3 is 19.9 Å². The van der Waals surface area contributed by atoms with Gasteiger partial charge in [0.1, 0.15) is 5.69 Å². The molecule has 0 unspecified atom stereocenters. The fourth-order valence-electron chi connectivity index (χ4n) is 2.50. The van der Waals surface area contributed by atoms with Gasteiger partial charge in [-0.05, 0) is 18.6 Å². The van der Waals surface area contributed by atoms with Gasteiger partial charge in [0.05, 0.1) is 11.9 Å². The number of carbonyl (C=O) groups is 2. The summed E-state index contributed by atoms with van der Waals surface area (Å²) in [5.41, 5.74) is 1.39. The third-order valence-electron chi connectivity index (χ3n) is 3.88. The molecule has 0 aliphatic carbocycles. The van der Waals surface area contributed by atoms with Crippen LogP contribution in [0.2, 0.25) is 0 Å². The van der Waals surface area contributed by atoms with Gasteiger partial charge >= 0.3 is 0 Å². The lowest BCUT2D eigenvalue weighted by atomic mass is 10.2. The van der Waals surface area contributed by atoms with Crippen molar-refractivity contribution in [2.24, 2.45) is 0 Å². The van der Waals surface area contributed by atoms with E-state index in [4.69, 9.17) is 4.74 Å². The summed E-state index contributed by atoms with van der Waals surface area (Å²) in [7, 11) is 1.64. The molecule has 1 saturated heterocycles. The van der Waals surface area contributed by atoms with E-state index in [2.05, 4.69) is 15.2 Å². The molecule has 2 heterocycles. The van der Waals surface area contributed by atoms with Crippen molar-refractivity contribution >= 4 is 17.5 Å². The molecule has 0 spiro atoms. The zero-order chi connectivity index (χ0) is 16.7. The van der Waals surface area contributed by atoms with Crippen LogP contribution >= 0.6 is 0 Å². The Morgan fingerprint density at radius 2 is 2.00 bits per heavy atom. The van der Waals surface area contributed by atoms with Crippen LogP contribution in [0.1, 0.15) is 23.8 Å². The molecule has 1 N–H and O–H groups in total. The van der Waals surface area contributed by atoms with Gasteiger partial charge in [0.2, 0.25) is 5.91 Å². The van der Waals surface area contributed by atoms with Gasteiger partial charge in [-0.3, -0.25) is 9.59 Å². The van der Waals surface area contributed by atoms with Gasteiger partial charge in [0.15, 0.2) is 0 Å². The van der Waals surface area contributed by atoms with Crippen LogP contribution < -0.4 is 10.2 Å². The molecule has 0 saturated carbocycles. The van der Waals surface area contributed by atoms with Crippen molar-refractivity contribution in [3.05, 3.63) is 24.0 Å². The molecule has 0 bridgehead atoms. The lowest BCUT2D eigenvalue weighted by Crippen LogP contribution is -2.48. The first kappa shape index (κ1) is 17.2. The Bertz CT molecular complexity index is 525. The molecule has 1 aliphatic rings. The Labute approximate surface area is 136 Å². The molecule has 23 heavy (non-hydrogen) atoms. The summed E-state index contributed by atoms with van der Waals surface area (Å²) in [5, 5.41) is 2.81. The third kappa shape index (κ3) is 4.92. The van der Waals surface area contributed by atoms with E-state index in [0.717, 1.165) is 38.3 Å². The van der Waals surface area contributed by atoms with Crippen molar-refractivity contribution in [1.82, 2.24) is 15.2 Å². The summed E-state index contributed by atoms with van der Waals surface area (Å²) in [6.45, 7) is 5.79. The van der Waals surface area contributed by atoms with Gasteiger partial charge in [-0.25, -0.2) is 4.98 Å². The van der Waals surface area contributed by atoms with Crippen LogP contribution in [0.3, 0.4) is 0 Å². The maximum atomic E-state index is 11.9. The van der Waals surface area contributed by atoms with Crippen LogP contribution in [0.4, 0.5) is 5.69 Å². The van der Waals surface area contributed by atoms with Gasteiger partial charge in [-0.1, -0.05) is 0 Å². The zero-order valence-corrected chi connectivity index (χ0v) is 13.7. The minimum absolute atomic E-state index is 0.114. The Morgan fingerprint density at radius 1 is 1.26 bits per heavy atom. The molecule has 1 aromatic heterocycles. The number of hydrogen-bond acceptors (Lipinski definition) is 5. The topological polar surface area (TPSA) is 74.8 Å². The highest BCUT2D eigenvalue weighted by molar-refractivity contribution is 5.92. The minimum atomic E-state index is -0.172. The van der Waals surface area contributed by atoms with E-state index in [1.807, 2.05) is 11.0 Å². The predicted molar refractivity (Wildman–Crippen MR) is 87.5 cm³/mol. The Kier molecular flexibility index (Phi) is 6.34. The first-order chi connectivity index (χ1) is 11.1. The summed E-state index contributed by atoms with van der Waals surface area (Å²) in [5.74, 6) is -0.0580. The van der Waals surface area contributed by atoms with E-state index in [-0.39, 0.29) is 11.8 Å². The van der Waals surface area contributed by atoms with Crippen LogP contribution in [-0.4, -0.2) is 68.1 Å². The number of piperazine rings is 1. The number of carbonyl (C=O) groups excluding carboxylic acids is 2. The summed E-state index contributed by atoms with van der Waals surface area (Å²) in [4.78, 5) is 31.5. The fourth-order valence-corrected chi connectivity index (χ4v) is 2.50. The molecular formula is C16H24N4O3. The van der Waals surface area contributed by atoms with Crippen molar-refractivity contribution in [3.63, 3.8) is 0 Å². The Balaban J connectivity index is 1.85. The average Bonchev–Trinajstić information content (AvgIpc) is 2.59. The molecule has 1 fully saturated rings. The summed E-state index contributed by atoms with van der Waals surface area (Å²) in [6, 6.07) is 3.64. The van der Waals surface area contributed by atoms with Crippen LogP contribution in [0.25, 0.3) is 0 Å². The first-order valence-electron chi connectivity index (χ1n) is 7.85. The van der Waals surface area contributed by atoms with Gasteiger partial charge in [-0.2, -0.15) is 0 Å². The largest absolute Gasteiger partial charge is 0.385 e. The van der Waals surface area contributed by atoms with Crippen molar-refractivity contribution < 1.29 is 14.3 Å². The van der Waals surface area contributed by atoms with Gasteiger partial charge in [0, 0.05) is 53.4 Å².